The third-order valence-electron chi connectivity index (χ3n) is 1.82. The lowest BCUT2D eigenvalue weighted by atomic mass is 10.2. The first kappa shape index (κ1) is 14.7. The van der Waals surface area contributed by atoms with Crippen molar-refractivity contribution >= 4 is 25.4 Å². The van der Waals surface area contributed by atoms with Crippen LogP contribution in [0.2, 0.25) is 0 Å². The largest absolute Gasteiger partial charge is 0.487 e. The zero-order chi connectivity index (χ0) is 14.1. The van der Waals surface area contributed by atoms with E-state index in [0.717, 1.165) is 12.1 Å². The van der Waals surface area contributed by atoms with Crippen LogP contribution in [0.1, 0.15) is 20.8 Å². The molecule has 0 heterocycles. The van der Waals surface area contributed by atoms with Crippen LogP contribution in [0.3, 0.4) is 0 Å². The molecule has 0 radical (unpaired) electrons. The average molecular weight is 294 g/mol. The number of benzene rings is 1. The van der Waals surface area contributed by atoms with Crippen LogP contribution < -0.4 is 4.74 Å². The van der Waals surface area contributed by atoms with Gasteiger partial charge in [0.15, 0.2) is 0 Å². The number of hydrogen-bond acceptors (Lipinski definition) is 5. The molecule has 1 aromatic carbocycles. The van der Waals surface area contributed by atoms with Crippen LogP contribution in [-0.2, 0) is 9.05 Å². The van der Waals surface area contributed by atoms with Crippen LogP contribution in [0.4, 0.5) is 5.69 Å². The van der Waals surface area contributed by atoms with Gasteiger partial charge in [-0.25, -0.2) is 8.42 Å². The maximum Gasteiger partial charge on any atom is 0.271 e. The van der Waals surface area contributed by atoms with Gasteiger partial charge >= 0.3 is 0 Å². The van der Waals surface area contributed by atoms with Crippen LogP contribution in [-0.4, -0.2) is 18.9 Å². The van der Waals surface area contributed by atoms with Crippen LogP contribution >= 0.6 is 10.7 Å². The van der Waals surface area contributed by atoms with Gasteiger partial charge in [-0.2, -0.15) is 0 Å². The van der Waals surface area contributed by atoms with E-state index in [9.17, 15) is 18.5 Å². The molecule has 0 aliphatic rings. The molecule has 1 rings (SSSR count). The summed E-state index contributed by atoms with van der Waals surface area (Å²) in [5.74, 6) is -0.0110. The summed E-state index contributed by atoms with van der Waals surface area (Å²) >= 11 is 0. The Hall–Kier alpha value is -1.34. The summed E-state index contributed by atoms with van der Waals surface area (Å²) in [6.45, 7) is 5.16. The molecule has 18 heavy (non-hydrogen) atoms. The fourth-order valence-corrected chi connectivity index (χ4v) is 2.19. The number of hydrogen-bond donors (Lipinski definition) is 0. The fraction of sp³-hybridized carbons (Fsp3) is 0.400. The van der Waals surface area contributed by atoms with Crippen molar-refractivity contribution in [2.75, 3.05) is 0 Å². The average Bonchev–Trinajstić information content (AvgIpc) is 2.13. The van der Waals surface area contributed by atoms with Crippen LogP contribution in [0.25, 0.3) is 0 Å². The van der Waals surface area contributed by atoms with E-state index in [4.69, 9.17) is 15.4 Å². The van der Waals surface area contributed by atoms with E-state index in [-0.39, 0.29) is 11.4 Å². The second-order valence-electron chi connectivity index (χ2n) is 4.54. The van der Waals surface area contributed by atoms with Crippen LogP contribution in [0.15, 0.2) is 23.1 Å². The number of rotatable bonds is 3. The molecular weight excluding hydrogens is 282 g/mol. The number of non-ortho nitro benzene ring substituents is 1. The molecule has 0 atom stereocenters. The minimum absolute atomic E-state index is 0.0110. The SMILES string of the molecule is CC(C)(C)Oc1ccc([N+](=O)[O-])cc1S(=O)(=O)Cl. The normalized spacial score (nSPS) is 12.2. The quantitative estimate of drug-likeness (QED) is 0.486. The first-order chi connectivity index (χ1) is 8.00. The highest BCUT2D eigenvalue weighted by molar-refractivity contribution is 8.13. The number of ether oxygens (including phenoxy) is 1. The number of halogens is 1. The molecule has 0 unspecified atom stereocenters. The smallest absolute Gasteiger partial charge is 0.271 e. The molecule has 0 saturated heterocycles. The van der Waals surface area contributed by atoms with Crippen molar-refractivity contribution in [3.8, 4) is 5.75 Å². The highest BCUT2D eigenvalue weighted by Crippen LogP contribution is 2.32. The lowest BCUT2D eigenvalue weighted by Crippen LogP contribution is -2.23. The minimum atomic E-state index is -4.12. The second kappa shape index (κ2) is 4.74. The molecule has 0 aliphatic carbocycles. The lowest BCUT2D eigenvalue weighted by Gasteiger charge is -2.22. The van der Waals surface area contributed by atoms with E-state index in [1.807, 2.05) is 0 Å². The van der Waals surface area contributed by atoms with Gasteiger partial charge in [0.1, 0.15) is 16.2 Å². The van der Waals surface area contributed by atoms with Crippen molar-refractivity contribution in [1.82, 2.24) is 0 Å². The van der Waals surface area contributed by atoms with Crippen molar-refractivity contribution in [2.24, 2.45) is 0 Å². The zero-order valence-electron chi connectivity index (χ0n) is 10.0. The minimum Gasteiger partial charge on any atom is -0.487 e. The Labute approximate surface area is 109 Å². The number of nitro groups is 1. The van der Waals surface area contributed by atoms with Crippen molar-refractivity contribution in [3.63, 3.8) is 0 Å². The summed E-state index contributed by atoms with van der Waals surface area (Å²) in [5.41, 5.74) is -1.01. The van der Waals surface area contributed by atoms with Gasteiger partial charge in [0.05, 0.1) is 4.92 Å². The monoisotopic (exact) mass is 293 g/mol. The van der Waals surface area contributed by atoms with Crippen LogP contribution in [0.5, 0.6) is 5.75 Å². The first-order valence-corrected chi connectivity index (χ1v) is 7.24. The topological polar surface area (TPSA) is 86.5 Å². The summed E-state index contributed by atoms with van der Waals surface area (Å²) in [5, 5.41) is 10.6. The van der Waals surface area contributed by atoms with Crippen molar-refractivity contribution in [1.29, 1.82) is 0 Å². The molecule has 100 valence electrons. The molecule has 8 heteroatoms. The van der Waals surface area contributed by atoms with Crippen molar-refractivity contribution in [2.45, 2.75) is 31.3 Å². The van der Waals surface area contributed by atoms with Gasteiger partial charge in [-0.15, -0.1) is 0 Å². The lowest BCUT2D eigenvalue weighted by molar-refractivity contribution is -0.385. The molecule has 6 nitrogen and oxygen atoms in total. The third-order valence-corrected chi connectivity index (χ3v) is 3.16. The Morgan fingerprint density at radius 1 is 1.33 bits per heavy atom. The second-order valence-corrected chi connectivity index (χ2v) is 7.07. The van der Waals surface area contributed by atoms with Crippen molar-refractivity contribution < 1.29 is 18.1 Å². The Kier molecular flexibility index (Phi) is 3.87. The molecular formula is C10H12ClNO5S. The summed E-state index contributed by atoms with van der Waals surface area (Å²) in [4.78, 5) is 9.49. The molecule has 0 bridgehead atoms. The fourth-order valence-electron chi connectivity index (χ4n) is 1.22. The predicted molar refractivity (Wildman–Crippen MR) is 66.5 cm³/mol. The van der Waals surface area contributed by atoms with E-state index < -0.39 is 24.5 Å². The molecule has 1 aromatic rings. The van der Waals surface area contributed by atoms with E-state index in [1.54, 1.807) is 20.8 Å². The first-order valence-electron chi connectivity index (χ1n) is 4.93. The van der Waals surface area contributed by atoms with Gasteiger partial charge in [-0.3, -0.25) is 10.1 Å². The molecule has 0 amide bonds. The number of nitro benzene ring substituents is 1. The highest BCUT2D eigenvalue weighted by Gasteiger charge is 2.24. The van der Waals surface area contributed by atoms with Gasteiger partial charge in [0.25, 0.3) is 14.7 Å². The maximum atomic E-state index is 11.4. The van der Waals surface area contributed by atoms with E-state index in [1.165, 1.54) is 6.07 Å². The van der Waals surface area contributed by atoms with E-state index >= 15 is 0 Å². The molecule has 0 aromatic heterocycles. The predicted octanol–water partition coefficient (Wildman–Crippen LogP) is 2.70. The molecule has 0 N–H and O–H groups in total. The summed E-state index contributed by atoms with van der Waals surface area (Å²) < 4.78 is 28.2. The molecule has 0 aliphatic heterocycles. The third kappa shape index (κ3) is 3.85. The highest BCUT2D eigenvalue weighted by atomic mass is 35.7. The zero-order valence-corrected chi connectivity index (χ0v) is 11.6. The summed E-state index contributed by atoms with van der Waals surface area (Å²) in [6, 6.07) is 3.26. The number of nitrogens with zero attached hydrogens (tertiary/aromatic N) is 1. The maximum absolute atomic E-state index is 11.4. The van der Waals surface area contributed by atoms with Gasteiger partial charge in [0, 0.05) is 22.8 Å². The van der Waals surface area contributed by atoms with Crippen LogP contribution in [0, 0.1) is 10.1 Å². The summed E-state index contributed by atoms with van der Waals surface area (Å²) in [6.07, 6.45) is 0. The van der Waals surface area contributed by atoms with Crippen molar-refractivity contribution in [3.05, 3.63) is 28.3 Å². The van der Waals surface area contributed by atoms with E-state index in [2.05, 4.69) is 0 Å². The van der Waals surface area contributed by atoms with Gasteiger partial charge in [-0.1, -0.05) is 0 Å². The van der Waals surface area contributed by atoms with E-state index in [0.29, 0.717) is 0 Å². The summed E-state index contributed by atoms with van der Waals surface area (Å²) in [7, 11) is 1.12. The standard InChI is InChI=1S/C10H12ClNO5S/c1-10(2,3)17-8-5-4-7(12(13)14)6-9(8)18(11,15)16/h4-6H,1-3H3. The molecule has 0 spiro atoms. The molecule has 0 fully saturated rings. The Morgan fingerprint density at radius 2 is 1.89 bits per heavy atom. The Morgan fingerprint density at radius 3 is 2.28 bits per heavy atom. The Bertz CT molecular complexity index is 576. The van der Waals surface area contributed by atoms with Gasteiger partial charge < -0.3 is 4.74 Å². The molecule has 0 saturated carbocycles. The van der Waals surface area contributed by atoms with Gasteiger partial charge in [0.2, 0.25) is 0 Å². The van der Waals surface area contributed by atoms with Gasteiger partial charge in [-0.05, 0) is 26.8 Å². The Balaban J connectivity index is 3.40.